The SMILES string of the molecule is CNC(=O)c1ccnc(CNCC2CCNCC2)c1N=CCOc1ccc(F)c(Cl)c1. The van der Waals surface area contributed by atoms with Gasteiger partial charge in [-0.25, -0.2) is 4.39 Å². The van der Waals surface area contributed by atoms with Gasteiger partial charge >= 0.3 is 0 Å². The van der Waals surface area contributed by atoms with E-state index in [1.54, 1.807) is 25.5 Å². The lowest BCUT2D eigenvalue weighted by Crippen LogP contribution is -2.33. The number of hydrogen-bond donors (Lipinski definition) is 3. The highest BCUT2D eigenvalue weighted by Gasteiger charge is 2.16. The van der Waals surface area contributed by atoms with Crippen LogP contribution in [0.4, 0.5) is 10.1 Å². The lowest BCUT2D eigenvalue weighted by Gasteiger charge is -2.22. The summed E-state index contributed by atoms with van der Waals surface area (Å²) >= 11 is 5.77. The molecular weight excluding hydrogens is 421 g/mol. The van der Waals surface area contributed by atoms with Crippen molar-refractivity contribution in [3.8, 4) is 5.75 Å². The molecule has 1 amide bonds. The summed E-state index contributed by atoms with van der Waals surface area (Å²) in [7, 11) is 1.58. The molecule has 7 nitrogen and oxygen atoms in total. The van der Waals surface area contributed by atoms with Crippen LogP contribution in [0.2, 0.25) is 5.02 Å². The van der Waals surface area contributed by atoms with Crippen molar-refractivity contribution in [1.82, 2.24) is 20.9 Å². The quantitative estimate of drug-likeness (QED) is 0.514. The third-order valence-corrected chi connectivity index (χ3v) is 5.38. The van der Waals surface area contributed by atoms with Gasteiger partial charge in [-0.2, -0.15) is 0 Å². The molecule has 0 bridgehead atoms. The van der Waals surface area contributed by atoms with Crippen molar-refractivity contribution < 1.29 is 13.9 Å². The van der Waals surface area contributed by atoms with Crippen molar-refractivity contribution in [2.75, 3.05) is 33.3 Å². The highest BCUT2D eigenvalue weighted by atomic mass is 35.5. The highest BCUT2D eigenvalue weighted by molar-refractivity contribution is 6.30. The van der Waals surface area contributed by atoms with E-state index in [2.05, 4.69) is 25.9 Å². The average Bonchev–Trinajstić information content (AvgIpc) is 2.79. The summed E-state index contributed by atoms with van der Waals surface area (Å²) in [6.07, 6.45) is 5.46. The molecule has 1 saturated heterocycles. The second kappa shape index (κ2) is 11.7. The minimum atomic E-state index is -0.505. The van der Waals surface area contributed by atoms with Crippen LogP contribution in [0.15, 0.2) is 35.5 Å². The van der Waals surface area contributed by atoms with Crippen LogP contribution in [0.1, 0.15) is 28.9 Å². The Kier molecular flexibility index (Phi) is 8.75. The average molecular weight is 448 g/mol. The fourth-order valence-electron chi connectivity index (χ4n) is 3.40. The fourth-order valence-corrected chi connectivity index (χ4v) is 3.57. The number of amides is 1. The van der Waals surface area contributed by atoms with E-state index in [4.69, 9.17) is 16.3 Å². The summed E-state index contributed by atoms with van der Waals surface area (Å²) in [6.45, 7) is 3.63. The van der Waals surface area contributed by atoms with Crippen molar-refractivity contribution in [2.24, 2.45) is 10.9 Å². The number of pyridine rings is 1. The molecule has 2 heterocycles. The molecule has 1 aromatic heterocycles. The number of rotatable bonds is 9. The zero-order valence-corrected chi connectivity index (χ0v) is 18.2. The largest absolute Gasteiger partial charge is 0.488 e. The van der Waals surface area contributed by atoms with Gasteiger partial charge in [0.05, 0.1) is 22.0 Å². The maximum Gasteiger partial charge on any atom is 0.253 e. The van der Waals surface area contributed by atoms with Gasteiger partial charge in [-0.3, -0.25) is 14.8 Å². The number of ether oxygens (including phenoxy) is 1. The van der Waals surface area contributed by atoms with E-state index in [1.165, 1.54) is 18.2 Å². The van der Waals surface area contributed by atoms with E-state index in [-0.39, 0.29) is 17.5 Å². The number of benzene rings is 1. The Morgan fingerprint density at radius 3 is 2.94 bits per heavy atom. The maximum absolute atomic E-state index is 13.3. The van der Waals surface area contributed by atoms with Gasteiger partial charge in [0.25, 0.3) is 5.91 Å². The number of halogens is 2. The van der Waals surface area contributed by atoms with E-state index in [1.807, 2.05) is 0 Å². The Hall–Kier alpha value is -2.55. The Labute approximate surface area is 186 Å². The van der Waals surface area contributed by atoms with E-state index >= 15 is 0 Å². The van der Waals surface area contributed by atoms with Crippen molar-refractivity contribution in [3.05, 3.63) is 52.6 Å². The van der Waals surface area contributed by atoms with Crippen molar-refractivity contribution >= 4 is 29.4 Å². The Balaban J connectivity index is 1.67. The number of aliphatic imine (C=N–C) groups is 1. The number of carbonyl (C=O) groups excluding carboxylic acids is 1. The molecule has 9 heteroatoms. The lowest BCUT2D eigenvalue weighted by molar-refractivity contribution is 0.0963. The molecule has 2 aromatic rings. The minimum absolute atomic E-state index is 0.00860. The van der Waals surface area contributed by atoms with Gasteiger partial charge in [-0.1, -0.05) is 11.6 Å². The number of carbonyl (C=O) groups is 1. The van der Waals surface area contributed by atoms with E-state index in [9.17, 15) is 9.18 Å². The van der Waals surface area contributed by atoms with Gasteiger partial charge in [-0.15, -0.1) is 0 Å². The molecule has 3 rings (SSSR count). The minimum Gasteiger partial charge on any atom is -0.488 e. The summed E-state index contributed by atoms with van der Waals surface area (Å²) in [5.74, 6) is 0.320. The molecule has 0 radical (unpaired) electrons. The van der Waals surface area contributed by atoms with Gasteiger partial charge in [-0.05, 0) is 56.6 Å². The Morgan fingerprint density at radius 2 is 2.19 bits per heavy atom. The van der Waals surface area contributed by atoms with Gasteiger partial charge < -0.3 is 20.7 Å². The Morgan fingerprint density at radius 1 is 1.39 bits per heavy atom. The fraction of sp³-hybridized carbons (Fsp3) is 0.409. The van der Waals surface area contributed by atoms with Gasteiger partial charge in [0.1, 0.15) is 18.2 Å². The number of aromatic nitrogens is 1. The monoisotopic (exact) mass is 447 g/mol. The molecule has 0 saturated carbocycles. The third kappa shape index (κ3) is 6.72. The molecule has 0 aliphatic carbocycles. The molecule has 1 aromatic carbocycles. The first-order chi connectivity index (χ1) is 15.1. The molecular formula is C22H27ClFN5O2. The maximum atomic E-state index is 13.3. The van der Waals surface area contributed by atoms with Crippen LogP contribution in [-0.2, 0) is 6.54 Å². The first-order valence-electron chi connectivity index (χ1n) is 10.3. The smallest absolute Gasteiger partial charge is 0.253 e. The van der Waals surface area contributed by atoms with Crippen LogP contribution >= 0.6 is 11.6 Å². The van der Waals surface area contributed by atoms with Gasteiger partial charge in [0.15, 0.2) is 0 Å². The highest BCUT2D eigenvalue weighted by Crippen LogP contribution is 2.24. The summed E-state index contributed by atoms with van der Waals surface area (Å²) in [4.78, 5) is 21.2. The van der Waals surface area contributed by atoms with E-state index < -0.39 is 5.82 Å². The number of nitrogens with zero attached hydrogens (tertiary/aromatic N) is 2. The molecule has 31 heavy (non-hydrogen) atoms. The van der Waals surface area contributed by atoms with Gasteiger partial charge in [0.2, 0.25) is 0 Å². The topological polar surface area (TPSA) is 87.6 Å². The summed E-state index contributed by atoms with van der Waals surface area (Å²) in [5.41, 5.74) is 1.63. The second-order valence-electron chi connectivity index (χ2n) is 7.26. The zero-order valence-electron chi connectivity index (χ0n) is 17.5. The predicted molar refractivity (Wildman–Crippen MR) is 120 cm³/mol. The van der Waals surface area contributed by atoms with Crippen LogP contribution in [0.25, 0.3) is 0 Å². The van der Waals surface area contributed by atoms with E-state index in [0.29, 0.717) is 35.2 Å². The predicted octanol–water partition coefficient (Wildman–Crippen LogP) is 3.10. The molecule has 1 aliphatic rings. The molecule has 1 aliphatic heterocycles. The Bertz CT molecular complexity index is 919. The van der Waals surface area contributed by atoms with Crippen LogP contribution in [0, 0.1) is 11.7 Å². The molecule has 0 spiro atoms. The first-order valence-corrected chi connectivity index (χ1v) is 10.7. The van der Waals surface area contributed by atoms with Crippen LogP contribution in [0.5, 0.6) is 5.75 Å². The normalized spacial score (nSPS) is 14.7. The standard InChI is InChI=1S/C22H27ClFN5O2/c1-25-22(30)17-6-9-28-20(14-27-13-15-4-7-26-8-5-15)21(17)29-10-11-31-16-2-3-19(24)18(23)12-16/h2-3,6,9-10,12,15,26-27H,4-5,7-8,11,13-14H2,1H3,(H,25,30). The number of nitrogens with one attached hydrogen (secondary N) is 3. The molecule has 1 fully saturated rings. The van der Waals surface area contributed by atoms with Crippen LogP contribution in [-0.4, -0.2) is 50.4 Å². The summed E-state index contributed by atoms with van der Waals surface area (Å²) < 4.78 is 18.8. The molecule has 0 atom stereocenters. The number of hydrogen-bond acceptors (Lipinski definition) is 6. The van der Waals surface area contributed by atoms with Crippen LogP contribution < -0.4 is 20.7 Å². The zero-order chi connectivity index (χ0) is 22.1. The molecule has 3 N–H and O–H groups in total. The lowest BCUT2D eigenvalue weighted by atomic mass is 9.98. The van der Waals surface area contributed by atoms with Crippen molar-refractivity contribution in [3.63, 3.8) is 0 Å². The summed E-state index contributed by atoms with van der Waals surface area (Å²) in [6, 6.07) is 5.78. The van der Waals surface area contributed by atoms with Gasteiger partial charge in [0, 0.05) is 32.1 Å². The molecule has 0 unspecified atom stereocenters. The van der Waals surface area contributed by atoms with Crippen molar-refractivity contribution in [1.29, 1.82) is 0 Å². The van der Waals surface area contributed by atoms with Crippen LogP contribution in [0.3, 0.4) is 0 Å². The second-order valence-corrected chi connectivity index (χ2v) is 7.66. The molecule has 166 valence electrons. The number of piperidine rings is 1. The first kappa shape index (κ1) is 23.1. The van der Waals surface area contributed by atoms with E-state index in [0.717, 1.165) is 32.5 Å². The third-order valence-electron chi connectivity index (χ3n) is 5.09. The van der Waals surface area contributed by atoms with Crippen molar-refractivity contribution in [2.45, 2.75) is 19.4 Å². The summed E-state index contributed by atoms with van der Waals surface area (Å²) in [5, 5.41) is 9.44.